The van der Waals surface area contributed by atoms with E-state index >= 15 is 0 Å². The molecule has 2 atom stereocenters. The van der Waals surface area contributed by atoms with Gasteiger partial charge >= 0.3 is 0 Å². The molecule has 3 heteroatoms. The highest BCUT2D eigenvalue weighted by atomic mass is 16.2. The molecule has 3 rings (SSSR count). The van der Waals surface area contributed by atoms with Gasteiger partial charge in [-0.1, -0.05) is 25.1 Å². The number of anilines is 1. The molecule has 19 heavy (non-hydrogen) atoms. The monoisotopic (exact) mass is 258 g/mol. The van der Waals surface area contributed by atoms with Gasteiger partial charge in [0.1, 0.15) is 0 Å². The summed E-state index contributed by atoms with van der Waals surface area (Å²) < 4.78 is 0. The van der Waals surface area contributed by atoms with Gasteiger partial charge in [0.25, 0.3) is 0 Å². The predicted octanol–water partition coefficient (Wildman–Crippen LogP) is 2.21. The highest BCUT2D eigenvalue weighted by Crippen LogP contribution is 2.31. The topological polar surface area (TPSA) is 32.3 Å². The van der Waals surface area contributed by atoms with E-state index in [1.165, 1.54) is 5.56 Å². The lowest BCUT2D eigenvalue weighted by Gasteiger charge is -2.36. The molecule has 0 aromatic heterocycles. The smallest absolute Gasteiger partial charge is 0.231 e. The number of piperidine rings is 1. The minimum absolute atomic E-state index is 0.159. The zero-order valence-electron chi connectivity index (χ0n) is 11.6. The molecule has 0 radical (unpaired) electrons. The molecule has 2 unspecified atom stereocenters. The van der Waals surface area contributed by atoms with Crippen molar-refractivity contribution >= 4 is 11.6 Å². The summed E-state index contributed by atoms with van der Waals surface area (Å²) in [6, 6.07) is 8.36. The Labute approximate surface area is 115 Å². The molecular formula is C16H22N2O. The molecule has 0 saturated carbocycles. The number of carbonyl (C=O) groups is 1. The van der Waals surface area contributed by atoms with Crippen molar-refractivity contribution in [3.05, 3.63) is 29.8 Å². The van der Waals surface area contributed by atoms with Crippen LogP contribution < -0.4 is 10.2 Å². The Morgan fingerprint density at radius 2 is 2.21 bits per heavy atom. The molecule has 1 amide bonds. The van der Waals surface area contributed by atoms with Crippen LogP contribution in [0.15, 0.2) is 24.3 Å². The molecule has 0 spiro atoms. The van der Waals surface area contributed by atoms with Gasteiger partial charge in [-0.25, -0.2) is 0 Å². The number of hydrogen-bond donors (Lipinski definition) is 1. The molecule has 1 fully saturated rings. The molecular weight excluding hydrogens is 236 g/mol. The van der Waals surface area contributed by atoms with Crippen molar-refractivity contribution in [1.29, 1.82) is 0 Å². The van der Waals surface area contributed by atoms with Crippen LogP contribution in [0.25, 0.3) is 0 Å². The van der Waals surface area contributed by atoms with Gasteiger partial charge in [-0.3, -0.25) is 4.79 Å². The second-order valence-electron chi connectivity index (χ2n) is 5.93. The summed E-state index contributed by atoms with van der Waals surface area (Å²) in [4.78, 5) is 14.8. The van der Waals surface area contributed by atoms with Gasteiger partial charge in [0, 0.05) is 18.8 Å². The van der Waals surface area contributed by atoms with Crippen molar-refractivity contribution in [2.75, 3.05) is 24.5 Å². The third-order valence-electron chi connectivity index (χ3n) is 4.26. The second-order valence-corrected chi connectivity index (χ2v) is 5.93. The van der Waals surface area contributed by atoms with Crippen molar-refractivity contribution in [3.63, 3.8) is 0 Å². The molecule has 1 saturated heterocycles. The Kier molecular flexibility index (Phi) is 3.56. The Balaban J connectivity index is 1.85. The number of carbonyl (C=O) groups excluding carboxylic acids is 1. The fourth-order valence-corrected chi connectivity index (χ4v) is 3.29. The van der Waals surface area contributed by atoms with Gasteiger partial charge in [0.2, 0.25) is 5.91 Å². The fraction of sp³-hybridized carbons (Fsp3) is 0.562. The summed E-state index contributed by atoms with van der Waals surface area (Å²) in [5.74, 6) is 1.02. The van der Waals surface area contributed by atoms with E-state index in [1.54, 1.807) is 0 Å². The van der Waals surface area contributed by atoms with Crippen molar-refractivity contribution in [3.8, 4) is 0 Å². The van der Waals surface area contributed by atoms with Crippen LogP contribution in [0.5, 0.6) is 0 Å². The molecule has 2 aliphatic rings. The van der Waals surface area contributed by atoms with Gasteiger partial charge in [0.15, 0.2) is 0 Å². The minimum Gasteiger partial charge on any atom is -0.316 e. The van der Waals surface area contributed by atoms with Crippen molar-refractivity contribution in [1.82, 2.24) is 5.32 Å². The maximum absolute atomic E-state index is 12.7. The largest absolute Gasteiger partial charge is 0.316 e. The highest BCUT2D eigenvalue weighted by Gasteiger charge is 2.31. The molecule has 3 nitrogen and oxygen atoms in total. The van der Waals surface area contributed by atoms with Crippen LogP contribution in [0, 0.1) is 11.8 Å². The number of amides is 1. The van der Waals surface area contributed by atoms with Crippen LogP contribution >= 0.6 is 0 Å². The predicted molar refractivity (Wildman–Crippen MR) is 77.3 cm³/mol. The normalized spacial score (nSPS) is 26.9. The van der Waals surface area contributed by atoms with Gasteiger partial charge < -0.3 is 10.2 Å². The summed E-state index contributed by atoms with van der Waals surface area (Å²) in [6.45, 7) is 4.99. The minimum atomic E-state index is 0.159. The third kappa shape index (κ3) is 2.52. The van der Waals surface area contributed by atoms with E-state index < -0.39 is 0 Å². The van der Waals surface area contributed by atoms with E-state index in [2.05, 4.69) is 30.4 Å². The third-order valence-corrected chi connectivity index (χ3v) is 4.26. The molecule has 2 heterocycles. The molecule has 1 aromatic rings. The van der Waals surface area contributed by atoms with Gasteiger partial charge in [-0.15, -0.1) is 0 Å². The molecule has 0 aliphatic carbocycles. The van der Waals surface area contributed by atoms with E-state index in [0.29, 0.717) is 11.8 Å². The van der Waals surface area contributed by atoms with Crippen LogP contribution in [-0.4, -0.2) is 25.5 Å². The quantitative estimate of drug-likeness (QED) is 0.837. The van der Waals surface area contributed by atoms with Crippen LogP contribution in [0.4, 0.5) is 5.69 Å². The first kappa shape index (κ1) is 12.7. The lowest BCUT2D eigenvalue weighted by molar-refractivity contribution is -0.123. The summed E-state index contributed by atoms with van der Waals surface area (Å²) in [6.07, 6.45) is 3.23. The van der Waals surface area contributed by atoms with Crippen LogP contribution in [0.2, 0.25) is 0 Å². The van der Waals surface area contributed by atoms with E-state index in [4.69, 9.17) is 0 Å². The molecule has 1 N–H and O–H groups in total. The Hall–Kier alpha value is -1.35. The number of para-hydroxylation sites is 1. The van der Waals surface area contributed by atoms with Crippen LogP contribution in [-0.2, 0) is 11.2 Å². The van der Waals surface area contributed by atoms with Crippen molar-refractivity contribution in [2.24, 2.45) is 11.8 Å². The summed E-state index contributed by atoms with van der Waals surface area (Å²) in [7, 11) is 0. The molecule has 1 aromatic carbocycles. The van der Waals surface area contributed by atoms with Crippen molar-refractivity contribution in [2.45, 2.75) is 26.2 Å². The fourth-order valence-electron chi connectivity index (χ4n) is 3.29. The number of benzene rings is 1. The number of rotatable bonds is 1. The van der Waals surface area contributed by atoms with E-state index in [-0.39, 0.29) is 5.92 Å². The second kappa shape index (κ2) is 5.33. The van der Waals surface area contributed by atoms with Gasteiger partial charge in [0.05, 0.1) is 5.92 Å². The molecule has 0 bridgehead atoms. The summed E-state index contributed by atoms with van der Waals surface area (Å²) >= 11 is 0. The average molecular weight is 258 g/mol. The highest BCUT2D eigenvalue weighted by molar-refractivity contribution is 5.96. The first-order valence-electron chi connectivity index (χ1n) is 7.35. The first-order valence-corrected chi connectivity index (χ1v) is 7.35. The number of nitrogens with zero attached hydrogens (tertiary/aromatic N) is 1. The van der Waals surface area contributed by atoms with Gasteiger partial charge in [-0.2, -0.15) is 0 Å². The Morgan fingerprint density at radius 3 is 3.00 bits per heavy atom. The molecule has 102 valence electrons. The standard InChI is InChI=1S/C16H22N2O/c1-12-9-13-5-2-3-7-15(13)18(11-12)16(19)14-6-4-8-17-10-14/h2-3,5,7,12,14,17H,4,6,8-11H2,1H3. The lowest BCUT2D eigenvalue weighted by atomic mass is 9.91. The first-order chi connectivity index (χ1) is 9.25. The Bertz CT molecular complexity index is 466. The number of nitrogens with one attached hydrogen (secondary N) is 1. The van der Waals surface area contributed by atoms with E-state index in [0.717, 1.165) is 44.6 Å². The van der Waals surface area contributed by atoms with Gasteiger partial charge in [-0.05, 0) is 43.4 Å². The lowest BCUT2D eigenvalue weighted by Crippen LogP contribution is -2.46. The maximum Gasteiger partial charge on any atom is 0.231 e. The number of fused-ring (bicyclic) bond motifs is 1. The van der Waals surface area contributed by atoms with Crippen LogP contribution in [0.3, 0.4) is 0 Å². The average Bonchev–Trinajstić information content (AvgIpc) is 2.46. The van der Waals surface area contributed by atoms with E-state index in [9.17, 15) is 4.79 Å². The summed E-state index contributed by atoms with van der Waals surface area (Å²) in [5, 5.41) is 3.34. The zero-order valence-corrected chi connectivity index (χ0v) is 11.6. The van der Waals surface area contributed by atoms with Crippen molar-refractivity contribution < 1.29 is 4.79 Å². The van der Waals surface area contributed by atoms with Crippen LogP contribution in [0.1, 0.15) is 25.3 Å². The number of hydrogen-bond acceptors (Lipinski definition) is 2. The zero-order chi connectivity index (χ0) is 13.2. The molecule has 2 aliphatic heterocycles. The Morgan fingerprint density at radius 1 is 1.37 bits per heavy atom. The maximum atomic E-state index is 12.7. The van der Waals surface area contributed by atoms with E-state index in [1.807, 2.05) is 11.0 Å². The SMILES string of the molecule is CC1Cc2ccccc2N(C(=O)C2CCCNC2)C1. The summed E-state index contributed by atoms with van der Waals surface area (Å²) in [5.41, 5.74) is 2.45.